The molecule has 0 radical (unpaired) electrons. The van der Waals surface area contributed by atoms with Crippen LogP contribution in [0.15, 0.2) is 18.2 Å². The van der Waals surface area contributed by atoms with Gasteiger partial charge >= 0.3 is 0 Å². The molecule has 1 aromatic rings. The molecule has 0 saturated carbocycles. The van der Waals surface area contributed by atoms with Crippen LogP contribution in [0.4, 0.5) is 10.1 Å². The molecule has 1 atom stereocenters. The van der Waals surface area contributed by atoms with Crippen molar-refractivity contribution in [3.63, 3.8) is 0 Å². The van der Waals surface area contributed by atoms with Crippen LogP contribution in [0.25, 0.3) is 0 Å². The lowest BCUT2D eigenvalue weighted by molar-refractivity contribution is -0.123. The summed E-state index contributed by atoms with van der Waals surface area (Å²) in [5, 5.41) is 5.61. The molecule has 1 aromatic carbocycles. The van der Waals surface area contributed by atoms with Gasteiger partial charge in [0.15, 0.2) is 0 Å². The summed E-state index contributed by atoms with van der Waals surface area (Å²) in [4.78, 5) is 13.4. The molecule has 1 amide bonds. The molecular formula is C14H22FN3O. The van der Waals surface area contributed by atoms with Gasteiger partial charge in [-0.3, -0.25) is 4.79 Å². The van der Waals surface area contributed by atoms with Crippen LogP contribution >= 0.6 is 0 Å². The van der Waals surface area contributed by atoms with Crippen LogP contribution in [0.2, 0.25) is 0 Å². The minimum atomic E-state index is -0.262. The first-order chi connectivity index (χ1) is 8.97. The van der Waals surface area contributed by atoms with Crippen molar-refractivity contribution in [3.05, 3.63) is 29.6 Å². The maximum absolute atomic E-state index is 13.5. The molecule has 19 heavy (non-hydrogen) atoms. The monoisotopic (exact) mass is 267 g/mol. The van der Waals surface area contributed by atoms with Gasteiger partial charge in [-0.05, 0) is 30.8 Å². The fourth-order valence-electron chi connectivity index (χ4n) is 2.01. The van der Waals surface area contributed by atoms with Crippen LogP contribution in [0.3, 0.4) is 0 Å². The first kappa shape index (κ1) is 15.4. The Balaban J connectivity index is 2.81. The van der Waals surface area contributed by atoms with Gasteiger partial charge in [0.05, 0.1) is 5.92 Å². The quantitative estimate of drug-likeness (QED) is 0.818. The van der Waals surface area contributed by atoms with Crippen molar-refractivity contribution in [2.75, 3.05) is 32.6 Å². The highest BCUT2D eigenvalue weighted by Gasteiger charge is 2.14. The van der Waals surface area contributed by atoms with E-state index < -0.39 is 0 Å². The number of hydrogen-bond donors (Lipinski definition) is 2. The molecule has 4 nitrogen and oxygen atoms in total. The molecular weight excluding hydrogens is 245 g/mol. The molecule has 0 bridgehead atoms. The van der Waals surface area contributed by atoms with Gasteiger partial charge in [-0.2, -0.15) is 0 Å². The van der Waals surface area contributed by atoms with E-state index in [1.165, 1.54) is 12.1 Å². The van der Waals surface area contributed by atoms with Gasteiger partial charge in [0.25, 0.3) is 0 Å². The van der Waals surface area contributed by atoms with Gasteiger partial charge in [-0.15, -0.1) is 0 Å². The third kappa shape index (κ3) is 4.52. The average Bonchev–Trinajstić information content (AvgIpc) is 2.37. The smallest absolute Gasteiger partial charge is 0.224 e. The van der Waals surface area contributed by atoms with E-state index in [0.29, 0.717) is 13.1 Å². The third-order valence-electron chi connectivity index (χ3n) is 3.01. The number of nitrogens with one attached hydrogen (secondary N) is 2. The highest BCUT2D eigenvalue weighted by Crippen LogP contribution is 2.18. The fourth-order valence-corrected chi connectivity index (χ4v) is 2.01. The minimum Gasteiger partial charge on any atom is -0.374 e. The summed E-state index contributed by atoms with van der Waals surface area (Å²) in [7, 11) is 5.30. The van der Waals surface area contributed by atoms with Crippen molar-refractivity contribution < 1.29 is 9.18 Å². The Morgan fingerprint density at radius 1 is 1.37 bits per heavy atom. The Morgan fingerprint density at radius 3 is 2.63 bits per heavy atom. The summed E-state index contributed by atoms with van der Waals surface area (Å²) >= 11 is 0. The zero-order valence-electron chi connectivity index (χ0n) is 12.0. The Hall–Kier alpha value is -1.62. The zero-order chi connectivity index (χ0) is 14.4. The summed E-state index contributed by atoms with van der Waals surface area (Å²) in [6.07, 6.45) is 0. The van der Waals surface area contributed by atoms with Gasteiger partial charge in [-0.1, -0.05) is 6.92 Å². The van der Waals surface area contributed by atoms with Gasteiger partial charge in [0.1, 0.15) is 5.82 Å². The van der Waals surface area contributed by atoms with Crippen molar-refractivity contribution in [2.24, 2.45) is 5.92 Å². The summed E-state index contributed by atoms with van der Waals surface area (Å²) < 4.78 is 13.5. The predicted molar refractivity (Wildman–Crippen MR) is 75.7 cm³/mol. The van der Waals surface area contributed by atoms with Crippen LogP contribution in [-0.4, -0.2) is 33.6 Å². The number of hydrogen-bond acceptors (Lipinski definition) is 3. The topological polar surface area (TPSA) is 44.4 Å². The minimum absolute atomic E-state index is 0.0151. The van der Waals surface area contributed by atoms with E-state index in [0.717, 1.165) is 11.3 Å². The number of halogens is 1. The lowest BCUT2D eigenvalue weighted by Crippen LogP contribution is -2.34. The van der Waals surface area contributed by atoms with Crippen molar-refractivity contribution in [1.82, 2.24) is 10.6 Å². The first-order valence-corrected chi connectivity index (χ1v) is 6.34. The predicted octanol–water partition coefficient (Wildman–Crippen LogP) is 1.36. The molecule has 2 N–H and O–H groups in total. The Morgan fingerprint density at radius 2 is 2.05 bits per heavy atom. The molecule has 5 heteroatoms. The largest absolute Gasteiger partial charge is 0.374 e. The molecule has 0 heterocycles. The van der Waals surface area contributed by atoms with Gasteiger partial charge in [0, 0.05) is 32.9 Å². The molecule has 106 valence electrons. The van der Waals surface area contributed by atoms with E-state index in [-0.39, 0.29) is 17.6 Å². The molecule has 0 fully saturated rings. The molecule has 0 aliphatic carbocycles. The number of amides is 1. The van der Waals surface area contributed by atoms with Crippen LogP contribution < -0.4 is 15.5 Å². The van der Waals surface area contributed by atoms with Crippen molar-refractivity contribution >= 4 is 11.6 Å². The number of benzene rings is 1. The number of nitrogens with zero attached hydrogens (tertiary/aromatic N) is 1. The summed E-state index contributed by atoms with van der Waals surface area (Å²) in [6, 6.07) is 4.92. The fraction of sp³-hybridized carbons (Fsp3) is 0.500. The molecule has 0 spiro atoms. The second kappa shape index (κ2) is 7.09. The van der Waals surface area contributed by atoms with E-state index in [4.69, 9.17) is 0 Å². The number of carbonyl (C=O) groups is 1. The average molecular weight is 267 g/mol. The normalized spacial score (nSPS) is 12.1. The van der Waals surface area contributed by atoms with Crippen LogP contribution in [0, 0.1) is 11.7 Å². The Kier molecular flexibility index (Phi) is 5.76. The maximum atomic E-state index is 13.5. The van der Waals surface area contributed by atoms with Crippen LogP contribution in [0.5, 0.6) is 0 Å². The molecule has 0 aliphatic rings. The molecule has 0 aliphatic heterocycles. The Bertz CT molecular complexity index is 437. The first-order valence-electron chi connectivity index (χ1n) is 6.34. The number of carbonyl (C=O) groups excluding carboxylic acids is 1. The molecule has 0 aromatic heterocycles. The number of anilines is 1. The SMILES string of the molecule is CNCc1cc(F)cc(N(C)CC(C)C(=O)NC)c1. The maximum Gasteiger partial charge on any atom is 0.224 e. The summed E-state index contributed by atoms with van der Waals surface area (Å²) in [5.74, 6) is -0.424. The van der Waals surface area contributed by atoms with E-state index in [1.54, 1.807) is 7.05 Å². The summed E-state index contributed by atoms with van der Waals surface area (Å²) in [5.41, 5.74) is 1.66. The van der Waals surface area contributed by atoms with Crippen LogP contribution in [0.1, 0.15) is 12.5 Å². The zero-order valence-corrected chi connectivity index (χ0v) is 12.0. The third-order valence-corrected chi connectivity index (χ3v) is 3.01. The second-order valence-electron chi connectivity index (χ2n) is 4.74. The van der Waals surface area contributed by atoms with E-state index >= 15 is 0 Å². The summed E-state index contributed by atoms with van der Waals surface area (Å²) in [6.45, 7) is 3.01. The second-order valence-corrected chi connectivity index (χ2v) is 4.74. The lowest BCUT2D eigenvalue weighted by Gasteiger charge is -2.23. The molecule has 1 rings (SSSR count). The number of rotatable bonds is 6. The van der Waals surface area contributed by atoms with E-state index in [9.17, 15) is 9.18 Å². The Labute approximate surface area is 114 Å². The van der Waals surface area contributed by atoms with E-state index in [2.05, 4.69) is 10.6 Å². The van der Waals surface area contributed by atoms with Crippen molar-refractivity contribution in [1.29, 1.82) is 0 Å². The standard InChI is InChI=1S/C14H22FN3O/c1-10(14(19)17-3)9-18(4)13-6-11(8-16-2)5-12(15)7-13/h5-7,10,16H,8-9H2,1-4H3,(H,17,19). The highest BCUT2D eigenvalue weighted by atomic mass is 19.1. The van der Waals surface area contributed by atoms with Crippen LogP contribution in [-0.2, 0) is 11.3 Å². The van der Waals surface area contributed by atoms with Crippen molar-refractivity contribution in [3.8, 4) is 0 Å². The molecule has 1 unspecified atom stereocenters. The molecule has 0 saturated heterocycles. The lowest BCUT2D eigenvalue weighted by atomic mass is 10.1. The van der Waals surface area contributed by atoms with Gasteiger partial charge < -0.3 is 15.5 Å². The van der Waals surface area contributed by atoms with Gasteiger partial charge in [-0.25, -0.2) is 4.39 Å². The highest BCUT2D eigenvalue weighted by molar-refractivity contribution is 5.78. The van der Waals surface area contributed by atoms with Crippen molar-refractivity contribution in [2.45, 2.75) is 13.5 Å². The van der Waals surface area contributed by atoms with Gasteiger partial charge in [0.2, 0.25) is 5.91 Å². The van der Waals surface area contributed by atoms with E-state index in [1.807, 2.05) is 32.0 Å².